The van der Waals surface area contributed by atoms with Gasteiger partial charge in [-0.3, -0.25) is 4.79 Å². The van der Waals surface area contributed by atoms with E-state index in [4.69, 9.17) is 9.47 Å². The Hall–Kier alpha value is -1.96. The Balaban J connectivity index is 1.69. The second-order valence-electron chi connectivity index (χ2n) is 9.08. The van der Waals surface area contributed by atoms with E-state index in [1.54, 1.807) is 12.1 Å². The van der Waals surface area contributed by atoms with Crippen molar-refractivity contribution < 1.29 is 14.3 Å². The summed E-state index contributed by atoms with van der Waals surface area (Å²) in [5, 5.41) is 3.35. The first-order chi connectivity index (χ1) is 14.1. The fourth-order valence-corrected chi connectivity index (χ4v) is 4.77. The molecule has 3 rings (SSSR count). The summed E-state index contributed by atoms with van der Waals surface area (Å²) in [7, 11) is 0. The monoisotopic (exact) mass is 521 g/mol. The lowest BCUT2D eigenvalue weighted by Crippen LogP contribution is -2.51. The van der Waals surface area contributed by atoms with Crippen molar-refractivity contribution in [3.05, 3.63) is 57.0 Å². The van der Waals surface area contributed by atoms with E-state index in [9.17, 15) is 9.70 Å². The number of Topliss-reactive ketones (excluding diaryl/α,β-unsaturated/α-hetero) is 1. The summed E-state index contributed by atoms with van der Waals surface area (Å²) in [6, 6.07) is 14.3. The van der Waals surface area contributed by atoms with Crippen LogP contribution in [0.5, 0.6) is 17.2 Å². The molecule has 5 nitrogen and oxygen atoms in total. The number of carbonyl (C=O) groups is 1. The molecule has 160 valence electrons. The van der Waals surface area contributed by atoms with E-state index in [-0.39, 0.29) is 11.2 Å². The highest BCUT2D eigenvalue weighted by molar-refractivity contribution is 14.1. The van der Waals surface area contributed by atoms with E-state index in [1.807, 2.05) is 50.2 Å². The Labute approximate surface area is 191 Å². The molecular weight excluding hydrogens is 493 g/mol. The van der Waals surface area contributed by atoms with Gasteiger partial charge in [0.25, 0.3) is 0 Å². The van der Waals surface area contributed by atoms with E-state index >= 15 is 0 Å². The van der Waals surface area contributed by atoms with Crippen molar-refractivity contribution in [1.82, 2.24) is 0 Å². The minimum absolute atomic E-state index is 0.000185. The topological polar surface area (TPSA) is 65.0 Å². The lowest BCUT2D eigenvalue weighted by molar-refractivity contribution is -0.137. The van der Waals surface area contributed by atoms with Crippen molar-refractivity contribution in [1.29, 1.82) is 0 Å². The molecule has 2 aromatic rings. The molecule has 2 aromatic carbocycles. The number of hydrogen-bond donors (Lipinski definition) is 0. The summed E-state index contributed by atoms with van der Waals surface area (Å²) in [4.78, 5) is 24.5. The van der Waals surface area contributed by atoms with Gasteiger partial charge < -0.3 is 9.47 Å². The molecule has 0 saturated heterocycles. The van der Waals surface area contributed by atoms with Crippen LogP contribution >= 0.6 is 22.6 Å². The molecule has 0 aromatic heterocycles. The number of ether oxygens (including phenoxy) is 2. The largest absolute Gasteiger partial charge is 0.488 e. The van der Waals surface area contributed by atoms with E-state index in [1.165, 1.54) is 0 Å². The molecule has 30 heavy (non-hydrogen) atoms. The lowest BCUT2D eigenvalue weighted by Gasteiger charge is -2.44. The molecule has 1 saturated carbocycles. The van der Waals surface area contributed by atoms with Gasteiger partial charge in [-0.1, -0.05) is 25.9 Å². The van der Waals surface area contributed by atoms with Crippen LogP contribution in [0.3, 0.4) is 0 Å². The zero-order valence-corrected chi connectivity index (χ0v) is 20.0. The first-order valence-electron chi connectivity index (χ1n) is 10.2. The number of nitroso groups, excluding NO2 is 1. The SMILES string of the molecule is CC(Oc1ccc(Oc2ccc(I)cc2)cc1)C(N=O)C1(C)CC(C)(C)CCC1=O. The van der Waals surface area contributed by atoms with Crippen molar-refractivity contribution >= 4 is 28.4 Å². The maximum absolute atomic E-state index is 12.7. The highest BCUT2D eigenvalue weighted by Crippen LogP contribution is 2.47. The summed E-state index contributed by atoms with van der Waals surface area (Å²) < 4.78 is 13.0. The average Bonchev–Trinajstić information content (AvgIpc) is 2.68. The summed E-state index contributed by atoms with van der Waals surface area (Å²) in [6.45, 7) is 7.94. The number of benzene rings is 2. The van der Waals surface area contributed by atoms with Crippen LogP contribution in [0.15, 0.2) is 53.7 Å². The van der Waals surface area contributed by atoms with E-state index in [2.05, 4.69) is 41.6 Å². The normalized spacial score (nSPS) is 22.8. The second-order valence-corrected chi connectivity index (χ2v) is 10.3. The fourth-order valence-electron chi connectivity index (χ4n) is 4.41. The molecule has 6 heteroatoms. The highest BCUT2D eigenvalue weighted by Gasteiger charge is 2.51. The molecule has 0 radical (unpaired) electrons. The number of carbonyl (C=O) groups excluding carboxylic acids is 1. The van der Waals surface area contributed by atoms with Crippen LogP contribution < -0.4 is 9.47 Å². The first-order valence-corrected chi connectivity index (χ1v) is 11.3. The Morgan fingerprint density at radius 1 is 0.967 bits per heavy atom. The predicted octanol–water partition coefficient (Wildman–Crippen LogP) is 6.77. The molecular formula is C24H28INO4. The van der Waals surface area contributed by atoms with Gasteiger partial charge in [0.2, 0.25) is 0 Å². The Morgan fingerprint density at radius 3 is 2.07 bits per heavy atom. The molecule has 1 aliphatic carbocycles. The smallest absolute Gasteiger partial charge is 0.141 e. The molecule has 1 aliphatic rings. The number of nitrogens with zero attached hydrogens (tertiary/aromatic N) is 1. The third-order valence-electron chi connectivity index (χ3n) is 5.92. The molecule has 3 unspecified atom stereocenters. The minimum Gasteiger partial charge on any atom is -0.488 e. The van der Waals surface area contributed by atoms with E-state index < -0.39 is 17.6 Å². The van der Waals surface area contributed by atoms with Gasteiger partial charge >= 0.3 is 0 Å². The van der Waals surface area contributed by atoms with Gasteiger partial charge in [0, 0.05) is 9.99 Å². The van der Waals surface area contributed by atoms with Crippen LogP contribution in [-0.4, -0.2) is 17.9 Å². The maximum Gasteiger partial charge on any atom is 0.141 e. The van der Waals surface area contributed by atoms with Gasteiger partial charge in [-0.25, -0.2) is 0 Å². The van der Waals surface area contributed by atoms with Crippen molar-refractivity contribution in [3.8, 4) is 17.2 Å². The number of halogens is 1. The van der Waals surface area contributed by atoms with Crippen molar-refractivity contribution in [2.45, 2.75) is 59.1 Å². The fraction of sp³-hybridized carbons (Fsp3) is 0.458. The van der Waals surface area contributed by atoms with E-state index in [0.717, 1.165) is 15.7 Å². The highest BCUT2D eigenvalue weighted by atomic mass is 127. The zero-order chi connectivity index (χ0) is 21.9. The van der Waals surface area contributed by atoms with Crippen LogP contribution in [0.2, 0.25) is 0 Å². The maximum atomic E-state index is 12.7. The quantitative estimate of drug-likeness (QED) is 0.298. The van der Waals surface area contributed by atoms with Crippen LogP contribution in [0.25, 0.3) is 0 Å². The van der Waals surface area contributed by atoms with Crippen molar-refractivity contribution in [2.24, 2.45) is 16.0 Å². The summed E-state index contributed by atoms with van der Waals surface area (Å²) in [5.41, 5.74) is -0.809. The van der Waals surface area contributed by atoms with Gasteiger partial charge in [0.05, 0.1) is 5.41 Å². The molecule has 0 bridgehead atoms. The first kappa shape index (κ1) is 22.7. The van der Waals surface area contributed by atoms with Crippen LogP contribution in [0, 0.1) is 19.3 Å². The van der Waals surface area contributed by atoms with Gasteiger partial charge in [0.1, 0.15) is 35.2 Å². The summed E-state index contributed by atoms with van der Waals surface area (Å²) in [6.07, 6.45) is 1.43. The summed E-state index contributed by atoms with van der Waals surface area (Å²) >= 11 is 2.25. The van der Waals surface area contributed by atoms with Crippen molar-refractivity contribution in [3.63, 3.8) is 0 Å². The number of ketones is 1. The third-order valence-corrected chi connectivity index (χ3v) is 6.64. The van der Waals surface area contributed by atoms with Crippen LogP contribution in [0.1, 0.15) is 47.0 Å². The number of hydrogen-bond acceptors (Lipinski definition) is 5. The molecule has 0 heterocycles. The van der Waals surface area contributed by atoms with Crippen LogP contribution in [-0.2, 0) is 4.79 Å². The molecule has 0 spiro atoms. The Bertz CT molecular complexity index is 894. The lowest BCUT2D eigenvalue weighted by atomic mass is 9.60. The van der Waals surface area contributed by atoms with E-state index in [0.29, 0.717) is 24.3 Å². The van der Waals surface area contributed by atoms with Gasteiger partial charge in [-0.15, -0.1) is 0 Å². The van der Waals surface area contributed by atoms with Gasteiger partial charge in [0.15, 0.2) is 0 Å². The molecule has 0 amide bonds. The Morgan fingerprint density at radius 2 is 1.50 bits per heavy atom. The van der Waals surface area contributed by atoms with Crippen molar-refractivity contribution in [2.75, 3.05) is 0 Å². The average molecular weight is 521 g/mol. The second kappa shape index (κ2) is 9.04. The zero-order valence-electron chi connectivity index (χ0n) is 17.9. The van der Waals surface area contributed by atoms with Gasteiger partial charge in [-0.2, -0.15) is 4.91 Å². The number of rotatable bonds is 7. The Kier molecular flexibility index (Phi) is 6.84. The molecule has 0 N–H and O–H groups in total. The minimum atomic E-state index is -0.809. The third kappa shape index (κ3) is 5.20. The molecule has 0 aliphatic heterocycles. The van der Waals surface area contributed by atoms with Gasteiger partial charge in [-0.05, 0) is 96.3 Å². The summed E-state index contributed by atoms with van der Waals surface area (Å²) in [5.74, 6) is 2.16. The predicted molar refractivity (Wildman–Crippen MR) is 126 cm³/mol. The van der Waals surface area contributed by atoms with Crippen LogP contribution in [0.4, 0.5) is 0 Å². The molecule has 1 fully saturated rings. The molecule has 3 atom stereocenters. The standard InChI is InChI=1S/C24H28INO4/c1-16(22(26-28)24(4)15-23(2,3)14-13-21(24)27)29-18-9-11-20(12-10-18)30-19-7-5-17(25)6-8-19/h5-12,16,22H,13-15H2,1-4H3.